The number of allylic oxidation sites excluding steroid dienone is 1. The fourth-order valence-corrected chi connectivity index (χ4v) is 1.68. The first kappa shape index (κ1) is 15.2. The molecule has 1 N–H and O–H groups in total. The Morgan fingerprint density at radius 1 is 1.14 bits per heavy atom. The Bertz CT molecular complexity index is 677. The van der Waals surface area contributed by atoms with Gasteiger partial charge in [-0.1, -0.05) is 18.2 Å². The monoisotopic (exact) mass is 297 g/mol. The number of nitro benzene ring substituents is 1. The van der Waals surface area contributed by atoms with Crippen molar-refractivity contribution < 1.29 is 9.66 Å². The average Bonchev–Trinajstić information content (AvgIpc) is 2.55. The van der Waals surface area contributed by atoms with E-state index in [0.29, 0.717) is 5.69 Å². The Morgan fingerprint density at radius 2 is 1.82 bits per heavy atom. The zero-order valence-electron chi connectivity index (χ0n) is 12.0. The molecular weight excluding hydrogens is 282 g/mol. The Hall–Kier alpha value is -3.15. The predicted molar refractivity (Wildman–Crippen MR) is 87.2 cm³/mol. The number of benzene rings is 2. The number of rotatable bonds is 6. The SMILES string of the molecule is COc1ccc(/C=C/C=N/Nc2ccc([N+](=O)[O-])cc2)cc1. The maximum Gasteiger partial charge on any atom is 0.269 e. The summed E-state index contributed by atoms with van der Waals surface area (Å²) in [6.07, 6.45) is 5.30. The minimum Gasteiger partial charge on any atom is -0.497 e. The van der Waals surface area contributed by atoms with Crippen LogP contribution in [0.5, 0.6) is 5.75 Å². The van der Waals surface area contributed by atoms with Gasteiger partial charge in [-0.15, -0.1) is 0 Å². The van der Waals surface area contributed by atoms with Crippen molar-refractivity contribution in [2.75, 3.05) is 12.5 Å². The standard InChI is InChI=1S/C16H15N3O3/c1-22-16-10-4-13(5-11-16)3-2-12-17-18-14-6-8-15(9-7-14)19(20)21/h2-12,18H,1H3/b3-2+,17-12+. The number of nitro groups is 1. The van der Waals surface area contributed by atoms with Crippen LogP contribution in [-0.2, 0) is 0 Å². The van der Waals surface area contributed by atoms with Gasteiger partial charge >= 0.3 is 0 Å². The summed E-state index contributed by atoms with van der Waals surface area (Å²) in [6.45, 7) is 0. The van der Waals surface area contributed by atoms with Gasteiger partial charge in [0.2, 0.25) is 0 Å². The molecule has 2 aromatic rings. The van der Waals surface area contributed by atoms with Gasteiger partial charge in [0.1, 0.15) is 5.75 Å². The smallest absolute Gasteiger partial charge is 0.269 e. The van der Waals surface area contributed by atoms with Gasteiger partial charge in [0, 0.05) is 18.3 Å². The zero-order valence-corrected chi connectivity index (χ0v) is 12.0. The summed E-state index contributed by atoms with van der Waals surface area (Å²) in [4.78, 5) is 10.1. The Morgan fingerprint density at radius 3 is 2.41 bits per heavy atom. The molecule has 0 saturated heterocycles. The summed E-state index contributed by atoms with van der Waals surface area (Å²) >= 11 is 0. The highest BCUT2D eigenvalue weighted by Gasteiger charge is 2.02. The molecule has 0 heterocycles. The first-order chi connectivity index (χ1) is 10.7. The quantitative estimate of drug-likeness (QED) is 0.501. The molecule has 0 amide bonds. The maximum atomic E-state index is 10.5. The summed E-state index contributed by atoms with van der Waals surface area (Å²) in [5.74, 6) is 0.811. The van der Waals surface area contributed by atoms with Crippen LogP contribution in [0.1, 0.15) is 5.56 Å². The van der Waals surface area contributed by atoms with Crippen molar-refractivity contribution in [2.24, 2.45) is 5.10 Å². The highest BCUT2D eigenvalue weighted by atomic mass is 16.6. The number of non-ortho nitro benzene ring substituents is 1. The van der Waals surface area contributed by atoms with E-state index in [1.165, 1.54) is 12.1 Å². The minimum atomic E-state index is -0.440. The van der Waals surface area contributed by atoms with Crippen LogP contribution in [0.15, 0.2) is 59.7 Å². The van der Waals surface area contributed by atoms with Crippen LogP contribution in [-0.4, -0.2) is 18.2 Å². The lowest BCUT2D eigenvalue weighted by atomic mass is 10.2. The molecule has 0 spiro atoms. The number of hydrogen-bond donors (Lipinski definition) is 1. The molecule has 0 aliphatic carbocycles. The first-order valence-corrected chi connectivity index (χ1v) is 6.53. The molecule has 0 radical (unpaired) electrons. The molecule has 6 nitrogen and oxygen atoms in total. The van der Waals surface area contributed by atoms with Crippen molar-refractivity contribution in [3.05, 3.63) is 70.3 Å². The van der Waals surface area contributed by atoms with E-state index in [2.05, 4.69) is 10.5 Å². The van der Waals surface area contributed by atoms with Crippen LogP contribution >= 0.6 is 0 Å². The molecule has 0 saturated carbocycles. The fourth-order valence-electron chi connectivity index (χ4n) is 1.68. The molecule has 0 unspecified atom stereocenters. The van der Waals surface area contributed by atoms with Crippen LogP contribution < -0.4 is 10.2 Å². The van der Waals surface area contributed by atoms with Crippen molar-refractivity contribution in [1.82, 2.24) is 0 Å². The third kappa shape index (κ3) is 4.45. The van der Waals surface area contributed by atoms with Crippen LogP contribution in [0.3, 0.4) is 0 Å². The molecule has 2 rings (SSSR count). The van der Waals surface area contributed by atoms with E-state index in [0.717, 1.165) is 11.3 Å². The number of methoxy groups -OCH3 is 1. The maximum absolute atomic E-state index is 10.5. The third-order valence-electron chi connectivity index (χ3n) is 2.84. The van der Waals surface area contributed by atoms with Gasteiger partial charge in [0.25, 0.3) is 5.69 Å². The van der Waals surface area contributed by atoms with Gasteiger partial charge in [-0.2, -0.15) is 5.10 Å². The molecule has 0 aliphatic heterocycles. The van der Waals surface area contributed by atoms with Gasteiger partial charge in [-0.25, -0.2) is 0 Å². The topological polar surface area (TPSA) is 76.8 Å². The zero-order chi connectivity index (χ0) is 15.8. The summed E-state index contributed by atoms with van der Waals surface area (Å²) < 4.78 is 5.08. The average molecular weight is 297 g/mol. The van der Waals surface area contributed by atoms with E-state index in [-0.39, 0.29) is 5.69 Å². The summed E-state index contributed by atoms with van der Waals surface area (Å²) in [6, 6.07) is 13.7. The molecular formula is C16H15N3O3. The second kappa shape index (κ2) is 7.58. The second-order valence-corrected chi connectivity index (χ2v) is 4.33. The second-order valence-electron chi connectivity index (χ2n) is 4.33. The number of nitrogens with zero attached hydrogens (tertiary/aromatic N) is 2. The lowest BCUT2D eigenvalue weighted by molar-refractivity contribution is -0.384. The largest absolute Gasteiger partial charge is 0.497 e. The van der Waals surface area contributed by atoms with E-state index in [9.17, 15) is 10.1 Å². The lowest BCUT2D eigenvalue weighted by Crippen LogP contribution is -1.90. The minimum absolute atomic E-state index is 0.0499. The molecule has 0 atom stereocenters. The molecule has 112 valence electrons. The van der Waals surface area contributed by atoms with Crippen LogP contribution in [0.4, 0.5) is 11.4 Å². The fraction of sp³-hybridized carbons (Fsp3) is 0.0625. The van der Waals surface area contributed by atoms with Crippen molar-refractivity contribution in [3.63, 3.8) is 0 Å². The van der Waals surface area contributed by atoms with Gasteiger partial charge < -0.3 is 4.74 Å². The van der Waals surface area contributed by atoms with Gasteiger partial charge in [-0.3, -0.25) is 15.5 Å². The molecule has 0 aromatic heterocycles. The number of ether oxygens (including phenoxy) is 1. The normalized spacial score (nSPS) is 11.0. The van der Waals surface area contributed by atoms with Gasteiger partial charge in [0.05, 0.1) is 17.7 Å². The summed E-state index contributed by atoms with van der Waals surface area (Å²) in [5, 5.41) is 14.5. The molecule has 0 aliphatic rings. The van der Waals surface area contributed by atoms with Crippen molar-refractivity contribution in [2.45, 2.75) is 0 Å². The molecule has 0 fully saturated rings. The van der Waals surface area contributed by atoms with E-state index in [1.807, 2.05) is 30.3 Å². The van der Waals surface area contributed by atoms with Crippen LogP contribution in [0.25, 0.3) is 6.08 Å². The van der Waals surface area contributed by atoms with Gasteiger partial charge in [0.15, 0.2) is 0 Å². The van der Waals surface area contributed by atoms with Crippen LogP contribution in [0.2, 0.25) is 0 Å². The summed E-state index contributed by atoms with van der Waals surface area (Å²) in [5.41, 5.74) is 4.55. The Labute approximate surface area is 127 Å². The van der Waals surface area contributed by atoms with E-state index >= 15 is 0 Å². The lowest BCUT2D eigenvalue weighted by Gasteiger charge is -1.99. The number of hydrazone groups is 1. The highest BCUT2D eigenvalue weighted by Crippen LogP contribution is 2.15. The van der Waals surface area contributed by atoms with E-state index in [4.69, 9.17) is 4.74 Å². The van der Waals surface area contributed by atoms with Crippen molar-refractivity contribution in [1.29, 1.82) is 0 Å². The van der Waals surface area contributed by atoms with E-state index < -0.39 is 4.92 Å². The predicted octanol–water partition coefficient (Wildman–Crippen LogP) is 3.71. The van der Waals surface area contributed by atoms with Crippen molar-refractivity contribution in [3.8, 4) is 5.75 Å². The Balaban J connectivity index is 1.86. The molecule has 2 aromatic carbocycles. The van der Waals surface area contributed by atoms with Crippen LogP contribution in [0, 0.1) is 10.1 Å². The molecule has 6 heteroatoms. The number of nitrogens with one attached hydrogen (secondary N) is 1. The number of hydrogen-bond acceptors (Lipinski definition) is 5. The molecule has 22 heavy (non-hydrogen) atoms. The Kier molecular flexibility index (Phi) is 5.25. The highest BCUT2D eigenvalue weighted by molar-refractivity contribution is 5.78. The summed E-state index contributed by atoms with van der Waals surface area (Å²) in [7, 11) is 1.63. The first-order valence-electron chi connectivity index (χ1n) is 6.53. The molecule has 0 bridgehead atoms. The van der Waals surface area contributed by atoms with Crippen molar-refractivity contribution >= 4 is 23.7 Å². The van der Waals surface area contributed by atoms with E-state index in [1.54, 1.807) is 31.5 Å². The number of anilines is 1. The van der Waals surface area contributed by atoms with Gasteiger partial charge in [-0.05, 0) is 35.9 Å². The third-order valence-corrected chi connectivity index (χ3v) is 2.84.